The number of hydrogen-bond donors (Lipinski definition) is 3. The fraction of sp³-hybridized carbons (Fsp3) is 0.200. The first-order chi connectivity index (χ1) is 15.5. The molecule has 1 amide bonds. The van der Waals surface area contributed by atoms with Crippen molar-refractivity contribution < 1.29 is 19.4 Å². The summed E-state index contributed by atoms with van der Waals surface area (Å²) < 4.78 is 5.20. The number of H-pyrrole nitrogens is 2. The minimum Gasteiger partial charge on any atom is -0.507 e. The van der Waals surface area contributed by atoms with Crippen molar-refractivity contribution in [3.63, 3.8) is 0 Å². The number of ketones is 1. The Labute approximate surface area is 184 Å². The predicted octanol–water partition coefficient (Wildman–Crippen LogP) is 4.03. The number of nitrogens with zero attached hydrogens (tertiary/aromatic N) is 1. The third kappa shape index (κ3) is 2.93. The maximum Gasteiger partial charge on any atom is 0.295 e. The zero-order valence-corrected chi connectivity index (χ0v) is 17.8. The molecule has 0 aliphatic carbocycles. The molecule has 3 heterocycles. The average molecular weight is 429 g/mol. The molecule has 0 saturated carbocycles. The number of nitrogens with one attached hydrogen (secondary N) is 2. The van der Waals surface area contributed by atoms with E-state index in [9.17, 15) is 14.7 Å². The van der Waals surface area contributed by atoms with E-state index in [2.05, 4.69) is 9.97 Å². The maximum atomic E-state index is 13.2. The molecular formula is C25H23N3O4. The predicted molar refractivity (Wildman–Crippen MR) is 122 cm³/mol. The Balaban J connectivity index is 1.78. The van der Waals surface area contributed by atoms with E-state index in [4.69, 9.17) is 4.74 Å². The van der Waals surface area contributed by atoms with Crippen molar-refractivity contribution in [1.29, 1.82) is 0 Å². The van der Waals surface area contributed by atoms with Crippen LogP contribution in [-0.4, -0.2) is 51.9 Å². The van der Waals surface area contributed by atoms with Crippen LogP contribution in [0.5, 0.6) is 0 Å². The standard InChI is InChI=1S/C25H23N3O4/c1-14-20(16-8-4-6-10-19(16)27-14)22-21(24(30)25(31)28(22)11-12-32-2)23(29)17-13-26-18-9-5-3-7-15(17)18/h3-10,13,22,26-27,29H,11-12H2,1-2H3/b23-21+. The number of likely N-dealkylation sites (tertiary alicyclic amines) is 1. The maximum absolute atomic E-state index is 13.2. The monoisotopic (exact) mass is 429 g/mol. The minimum absolute atomic E-state index is 0.0868. The van der Waals surface area contributed by atoms with E-state index in [0.29, 0.717) is 5.56 Å². The molecule has 1 aliphatic heterocycles. The van der Waals surface area contributed by atoms with Gasteiger partial charge in [-0.3, -0.25) is 9.59 Å². The summed E-state index contributed by atoms with van der Waals surface area (Å²) in [6.45, 7) is 2.42. The van der Waals surface area contributed by atoms with E-state index in [1.807, 2.05) is 55.5 Å². The number of Topliss-reactive ketones (excluding diaryl/α,β-unsaturated/α-hetero) is 1. The normalized spacial score (nSPS) is 18.3. The van der Waals surface area contributed by atoms with Gasteiger partial charge < -0.3 is 24.7 Å². The molecule has 3 N–H and O–H groups in total. The topological polar surface area (TPSA) is 98.4 Å². The fourth-order valence-corrected chi connectivity index (χ4v) is 4.66. The number of aliphatic hydroxyl groups excluding tert-OH is 1. The number of carbonyl (C=O) groups excluding carboxylic acids is 2. The summed E-state index contributed by atoms with van der Waals surface area (Å²) in [5, 5.41) is 13.1. The molecule has 1 saturated heterocycles. The number of aryl methyl sites for hydroxylation is 1. The van der Waals surface area contributed by atoms with Crippen molar-refractivity contribution in [2.24, 2.45) is 0 Å². The third-order valence-electron chi connectivity index (χ3n) is 6.14. The number of carbonyl (C=O) groups is 2. The van der Waals surface area contributed by atoms with E-state index in [-0.39, 0.29) is 24.5 Å². The van der Waals surface area contributed by atoms with Gasteiger partial charge in [-0.1, -0.05) is 36.4 Å². The third-order valence-corrected chi connectivity index (χ3v) is 6.14. The van der Waals surface area contributed by atoms with Crippen LogP contribution in [-0.2, 0) is 14.3 Å². The number of para-hydroxylation sites is 2. The molecule has 2 aromatic carbocycles. The minimum atomic E-state index is -0.727. The first-order valence-electron chi connectivity index (χ1n) is 10.4. The Kier molecular flexibility index (Phi) is 4.83. The van der Waals surface area contributed by atoms with Crippen LogP contribution < -0.4 is 0 Å². The van der Waals surface area contributed by atoms with Crippen LogP contribution in [0.4, 0.5) is 0 Å². The molecule has 7 nitrogen and oxygen atoms in total. The summed E-state index contributed by atoms with van der Waals surface area (Å²) in [7, 11) is 1.55. The zero-order chi connectivity index (χ0) is 22.4. The quantitative estimate of drug-likeness (QED) is 0.253. The highest BCUT2D eigenvalue weighted by Crippen LogP contribution is 2.43. The Morgan fingerprint density at radius 1 is 1.06 bits per heavy atom. The number of fused-ring (bicyclic) bond motifs is 2. The van der Waals surface area contributed by atoms with E-state index >= 15 is 0 Å². The molecule has 7 heteroatoms. The second-order valence-electron chi connectivity index (χ2n) is 7.94. The van der Waals surface area contributed by atoms with Gasteiger partial charge in [0.05, 0.1) is 18.2 Å². The van der Waals surface area contributed by atoms with Gasteiger partial charge in [0.1, 0.15) is 5.76 Å². The van der Waals surface area contributed by atoms with Gasteiger partial charge in [0, 0.05) is 58.5 Å². The fourth-order valence-electron chi connectivity index (χ4n) is 4.66. The van der Waals surface area contributed by atoms with Gasteiger partial charge in [0.25, 0.3) is 11.7 Å². The van der Waals surface area contributed by atoms with Gasteiger partial charge in [-0.2, -0.15) is 0 Å². The molecule has 0 bridgehead atoms. The highest BCUT2D eigenvalue weighted by molar-refractivity contribution is 6.47. The van der Waals surface area contributed by atoms with Crippen molar-refractivity contribution in [3.05, 3.63) is 77.1 Å². The number of hydrogen-bond acceptors (Lipinski definition) is 4. The SMILES string of the molecule is COCCN1C(=O)C(=O)/C(=C(/O)c2c[nH]c3ccccc23)C1c1c(C)[nH]c2ccccc12. The molecule has 1 unspecified atom stereocenters. The number of methoxy groups -OCH3 is 1. The number of benzene rings is 2. The summed E-state index contributed by atoms with van der Waals surface area (Å²) in [5.41, 5.74) is 3.96. The van der Waals surface area contributed by atoms with Crippen LogP contribution in [0.25, 0.3) is 27.6 Å². The summed E-state index contributed by atoms with van der Waals surface area (Å²) in [6, 6.07) is 14.5. The smallest absolute Gasteiger partial charge is 0.295 e. The second kappa shape index (κ2) is 7.69. The van der Waals surface area contributed by atoms with Gasteiger partial charge in [-0.15, -0.1) is 0 Å². The lowest BCUT2D eigenvalue weighted by Crippen LogP contribution is -2.32. The van der Waals surface area contributed by atoms with Crippen molar-refractivity contribution in [2.75, 3.05) is 20.3 Å². The van der Waals surface area contributed by atoms with Crippen LogP contribution in [0.3, 0.4) is 0 Å². The number of amides is 1. The van der Waals surface area contributed by atoms with E-state index < -0.39 is 17.7 Å². The zero-order valence-electron chi connectivity index (χ0n) is 17.8. The van der Waals surface area contributed by atoms with Gasteiger partial charge in [-0.25, -0.2) is 0 Å². The molecule has 4 aromatic rings. The number of rotatable bonds is 5. The number of aliphatic hydroxyl groups is 1. The van der Waals surface area contributed by atoms with Crippen molar-refractivity contribution in [3.8, 4) is 0 Å². The molecule has 32 heavy (non-hydrogen) atoms. The molecule has 2 aromatic heterocycles. The van der Waals surface area contributed by atoms with Gasteiger partial charge in [-0.05, 0) is 19.1 Å². The Morgan fingerprint density at radius 3 is 2.50 bits per heavy atom. The molecule has 1 aliphatic rings. The highest BCUT2D eigenvalue weighted by atomic mass is 16.5. The van der Waals surface area contributed by atoms with Crippen molar-refractivity contribution in [1.82, 2.24) is 14.9 Å². The van der Waals surface area contributed by atoms with E-state index in [0.717, 1.165) is 33.1 Å². The first kappa shape index (κ1) is 20.1. The van der Waals surface area contributed by atoms with E-state index in [1.165, 1.54) is 4.90 Å². The van der Waals surface area contributed by atoms with Crippen LogP contribution >= 0.6 is 0 Å². The largest absolute Gasteiger partial charge is 0.507 e. The average Bonchev–Trinajstić information content (AvgIpc) is 3.44. The Morgan fingerprint density at radius 2 is 1.75 bits per heavy atom. The summed E-state index contributed by atoms with van der Waals surface area (Å²) in [6.07, 6.45) is 1.67. The van der Waals surface area contributed by atoms with Gasteiger partial charge in [0.2, 0.25) is 0 Å². The number of ether oxygens (including phenoxy) is 1. The molecule has 0 radical (unpaired) electrons. The summed E-state index contributed by atoms with van der Waals surface area (Å²) >= 11 is 0. The van der Waals surface area contributed by atoms with Crippen LogP contribution in [0.1, 0.15) is 22.9 Å². The van der Waals surface area contributed by atoms with Crippen LogP contribution in [0.15, 0.2) is 60.3 Å². The lowest BCUT2D eigenvalue weighted by molar-refractivity contribution is -0.140. The van der Waals surface area contributed by atoms with Crippen LogP contribution in [0, 0.1) is 6.92 Å². The summed E-state index contributed by atoms with van der Waals surface area (Å²) in [4.78, 5) is 34.3. The molecule has 1 fully saturated rings. The molecule has 162 valence electrons. The van der Waals surface area contributed by atoms with Crippen molar-refractivity contribution >= 4 is 39.3 Å². The molecule has 5 rings (SSSR count). The lowest BCUT2D eigenvalue weighted by atomic mass is 9.93. The van der Waals surface area contributed by atoms with Gasteiger partial charge in [0.15, 0.2) is 0 Å². The number of aromatic amines is 2. The highest BCUT2D eigenvalue weighted by Gasteiger charge is 2.47. The molecular weight excluding hydrogens is 406 g/mol. The summed E-state index contributed by atoms with van der Waals surface area (Å²) in [5.74, 6) is -1.52. The Bertz CT molecular complexity index is 1390. The first-order valence-corrected chi connectivity index (χ1v) is 10.4. The number of aromatic nitrogens is 2. The van der Waals surface area contributed by atoms with Crippen molar-refractivity contribution in [2.45, 2.75) is 13.0 Å². The molecule has 1 atom stereocenters. The van der Waals surface area contributed by atoms with Crippen LogP contribution in [0.2, 0.25) is 0 Å². The lowest BCUT2D eigenvalue weighted by Gasteiger charge is -2.25. The van der Waals surface area contributed by atoms with E-state index in [1.54, 1.807) is 13.3 Å². The molecule has 0 spiro atoms. The Hall–Kier alpha value is -3.84. The van der Waals surface area contributed by atoms with Gasteiger partial charge >= 0.3 is 0 Å². The second-order valence-corrected chi connectivity index (χ2v) is 7.94.